The zero-order chi connectivity index (χ0) is 15.4. The number of non-ortho nitro benzene ring substituents is 1. The van der Waals surface area contributed by atoms with Crippen molar-refractivity contribution in [3.8, 4) is 11.5 Å². The number of nitrogen functional groups attached to an aromatic ring is 1. The minimum atomic E-state index is -0.512. The molecular formula is C13H16N4O4. The maximum atomic E-state index is 10.7. The number of hydrogen-bond acceptors (Lipinski definition) is 7. The number of nitrogens with zero attached hydrogens (tertiary/aromatic N) is 3. The van der Waals surface area contributed by atoms with E-state index in [-0.39, 0.29) is 23.4 Å². The Hall–Kier alpha value is -2.48. The Labute approximate surface area is 121 Å². The summed E-state index contributed by atoms with van der Waals surface area (Å²) in [5.74, 6) is 0.655. The van der Waals surface area contributed by atoms with Gasteiger partial charge in [-0.05, 0) is 19.4 Å². The molecule has 0 spiro atoms. The highest BCUT2D eigenvalue weighted by Crippen LogP contribution is 2.29. The maximum Gasteiger partial charge on any atom is 0.271 e. The summed E-state index contributed by atoms with van der Waals surface area (Å²) in [5.41, 5.74) is 6.39. The third-order valence-electron chi connectivity index (χ3n) is 2.94. The average molecular weight is 292 g/mol. The predicted octanol–water partition coefficient (Wildman–Crippen LogP) is 2.71. The second-order valence-corrected chi connectivity index (χ2v) is 4.34. The quantitative estimate of drug-likeness (QED) is 0.494. The van der Waals surface area contributed by atoms with E-state index in [0.29, 0.717) is 24.4 Å². The molecule has 0 radical (unpaired) electrons. The van der Waals surface area contributed by atoms with E-state index in [4.69, 9.17) is 15.0 Å². The smallest absolute Gasteiger partial charge is 0.271 e. The molecule has 0 aliphatic carbocycles. The average Bonchev–Trinajstić information content (AvgIpc) is 2.93. The largest absolute Gasteiger partial charge is 0.398 e. The van der Waals surface area contributed by atoms with Gasteiger partial charge in [-0.1, -0.05) is 12.1 Å². The molecule has 2 aromatic rings. The highest BCUT2D eigenvalue weighted by atomic mass is 16.6. The molecule has 8 nitrogen and oxygen atoms in total. The van der Waals surface area contributed by atoms with Gasteiger partial charge in [-0.25, -0.2) is 0 Å². The van der Waals surface area contributed by atoms with Crippen molar-refractivity contribution in [3.05, 3.63) is 34.1 Å². The Morgan fingerprint density at radius 3 is 2.81 bits per heavy atom. The lowest BCUT2D eigenvalue weighted by molar-refractivity contribution is -0.384. The Kier molecular flexibility index (Phi) is 4.49. The summed E-state index contributed by atoms with van der Waals surface area (Å²) in [4.78, 5) is 14.4. The number of nitrogens with two attached hydrogens (primary N) is 1. The van der Waals surface area contributed by atoms with Crippen LogP contribution in [0.1, 0.15) is 32.2 Å². The van der Waals surface area contributed by atoms with Gasteiger partial charge in [0.2, 0.25) is 5.82 Å². The summed E-state index contributed by atoms with van der Waals surface area (Å²) < 4.78 is 10.7. The molecule has 0 aliphatic rings. The van der Waals surface area contributed by atoms with Crippen molar-refractivity contribution in [2.24, 2.45) is 0 Å². The molecule has 0 fully saturated rings. The van der Waals surface area contributed by atoms with E-state index in [0.717, 1.165) is 0 Å². The van der Waals surface area contributed by atoms with Crippen molar-refractivity contribution in [1.82, 2.24) is 10.1 Å². The van der Waals surface area contributed by atoms with Crippen molar-refractivity contribution in [2.75, 3.05) is 12.3 Å². The van der Waals surface area contributed by atoms with Crippen LogP contribution >= 0.6 is 0 Å². The summed E-state index contributed by atoms with van der Waals surface area (Å²) >= 11 is 0. The van der Waals surface area contributed by atoms with Crippen LogP contribution in [0.15, 0.2) is 22.7 Å². The van der Waals surface area contributed by atoms with Crippen molar-refractivity contribution in [2.45, 2.75) is 26.4 Å². The molecule has 112 valence electrons. The summed E-state index contributed by atoms with van der Waals surface area (Å²) in [7, 11) is 0. The van der Waals surface area contributed by atoms with E-state index in [2.05, 4.69) is 10.1 Å². The molecule has 1 atom stereocenters. The van der Waals surface area contributed by atoms with Gasteiger partial charge >= 0.3 is 0 Å². The van der Waals surface area contributed by atoms with Crippen LogP contribution in [-0.2, 0) is 4.74 Å². The van der Waals surface area contributed by atoms with Crippen molar-refractivity contribution >= 4 is 11.4 Å². The fourth-order valence-corrected chi connectivity index (χ4v) is 1.91. The predicted molar refractivity (Wildman–Crippen MR) is 75.5 cm³/mol. The first-order valence-corrected chi connectivity index (χ1v) is 6.56. The highest BCUT2D eigenvalue weighted by Gasteiger charge is 2.19. The number of nitro benzene ring substituents is 1. The summed E-state index contributed by atoms with van der Waals surface area (Å²) in [6, 6.07) is 4.10. The first-order chi connectivity index (χ1) is 10.1. The SMILES string of the molecule is CCOC(CC)c1noc(-c2ccc([N+](=O)[O-])cc2N)n1. The molecule has 1 aromatic carbocycles. The van der Waals surface area contributed by atoms with E-state index >= 15 is 0 Å². The molecule has 1 heterocycles. The zero-order valence-electron chi connectivity index (χ0n) is 11.8. The van der Waals surface area contributed by atoms with Crippen LogP contribution in [0.4, 0.5) is 11.4 Å². The number of benzene rings is 1. The van der Waals surface area contributed by atoms with Gasteiger partial charge in [-0.15, -0.1) is 0 Å². The van der Waals surface area contributed by atoms with E-state index in [1.165, 1.54) is 18.2 Å². The summed E-state index contributed by atoms with van der Waals surface area (Å²) in [5, 5.41) is 14.6. The number of rotatable bonds is 6. The monoisotopic (exact) mass is 292 g/mol. The van der Waals surface area contributed by atoms with Crippen LogP contribution in [0.2, 0.25) is 0 Å². The van der Waals surface area contributed by atoms with Crippen LogP contribution in [0, 0.1) is 10.1 Å². The van der Waals surface area contributed by atoms with Gasteiger partial charge in [0.25, 0.3) is 11.6 Å². The molecule has 0 amide bonds. The molecule has 0 aliphatic heterocycles. The number of hydrogen-bond donors (Lipinski definition) is 1. The van der Waals surface area contributed by atoms with E-state index in [1.807, 2.05) is 13.8 Å². The number of aromatic nitrogens is 2. The van der Waals surface area contributed by atoms with Gasteiger partial charge in [-0.3, -0.25) is 10.1 Å². The first kappa shape index (κ1) is 14.9. The number of nitro groups is 1. The Morgan fingerprint density at radius 2 is 2.24 bits per heavy atom. The van der Waals surface area contributed by atoms with Crippen molar-refractivity contribution in [1.29, 1.82) is 0 Å². The van der Waals surface area contributed by atoms with E-state index < -0.39 is 4.92 Å². The van der Waals surface area contributed by atoms with Crippen LogP contribution in [0.3, 0.4) is 0 Å². The first-order valence-electron chi connectivity index (χ1n) is 6.56. The zero-order valence-corrected chi connectivity index (χ0v) is 11.8. The minimum absolute atomic E-state index is 0.0864. The summed E-state index contributed by atoms with van der Waals surface area (Å²) in [6.45, 7) is 4.39. The topological polar surface area (TPSA) is 117 Å². The third-order valence-corrected chi connectivity index (χ3v) is 2.94. The van der Waals surface area contributed by atoms with Gasteiger partial charge in [0, 0.05) is 18.7 Å². The van der Waals surface area contributed by atoms with E-state index in [9.17, 15) is 10.1 Å². The van der Waals surface area contributed by atoms with Gasteiger partial charge in [0.15, 0.2) is 0 Å². The molecule has 0 saturated heterocycles. The molecule has 2 rings (SSSR count). The van der Waals surface area contributed by atoms with Crippen LogP contribution in [-0.4, -0.2) is 21.7 Å². The second kappa shape index (κ2) is 6.31. The normalized spacial score (nSPS) is 12.3. The molecule has 8 heteroatoms. The second-order valence-electron chi connectivity index (χ2n) is 4.34. The lowest BCUT2D eigenvalue weighted by Gasteiger charge is -2.09. The Morgan fingerprint density at radius 1 is 1.48 bits per heavy atom. The molecule has 0 saturated carbocycles. The highest BCUT2D eigenvalue weighted by molar-refractivity contribution is 5.72. The van der Waals surface area contributed by atoms with Gasteiger partial charge in [0.05, 0.1) is 16.2 Å². The van der Waals surface area contributed by atoms with Crippen molar-refractivity contribution in [3.63, 3.8) is 0 Å². The molecule has 21 heavy (non-hydrogen) atoms. The minimum Gasteiger partial charge on any atom is -0.398 e. The van der Waals surface area contributed by atoms with Gasteiger partial charge in [0.1, 0.15) is 6.10 Å². The molecule has 1 unspecified atom stereocenters. The summed E-state index contributed by atoms with van der Waals surface area (Å²) in [6.07, 6.45) is 0.467. The van der Waals surface area contributed by atoms with Crippen LogP contribution in [0.25, 0.3) is 11.5 Å². The maximum absolute atomic E-state index is 10.7. The molecule has 2 N–H and O–H groups in total. The van der Waals surface area contributed by atoms with E-state index in [1.54, 1.807) is 0 Å². The number of ether oxygens (including phenoxy) is 1. The molecular weight excluding hydrogens is 276 g/mol. The third kappa shape index (κ3) is 3.16. The van der Waals surface area contributed by atoms with Gasteiger partial charge < -0.3 is 15.0 Å². The standard InChI is InChI=1S/C13H16N4O4/c1-3-11(20-4-2)12-15-13(21-16-12)9-6-5-8(17(18)19)7-10(9)14/h5-7,11H,3-4,14H2,1-2H3. The van der Waals surface area contributed by atoms with Gasteiger partial charge in [-0.2, -0.15) is 4.98 Å². The Balaban J connectivity index is 2.31. The lowest BCUT2D eigenvalue weighted by atomic mass is 10.1. The van der Waals surface area contributed by atoms with Crippen LogP contribution in [0.5, 0.6) is 0 Å². The molecule has 1 aromatic heterocycles. The Bertz CT molecular complexity index is 641. The fourth-order valence-electron chi connectivity index (χ4n) is 1.91. The lowest BCUT2D eigenvalue weighted by Crippen LogP contribution is -2.04. The number of anilines is 1. The van der Waals surface area contributed by atoms with Crippen molar-refractivity contribution < 1.29 is 14.2 Å². The molecule has 0 bridgehead atoms. The fraction of sp³-hybridized carbons (Fsp3) is 0.385. The van der Waals surface area contributed by atoms with Crippen LogP contribution < -0.4 is 5.73 Å².